The van der Waals surface area contributed by atoms with Crippen LogP contribution in [0.1, 0.15) is 23.0 Å². The zero-order valence-electron chi connectivity index (χ0n) is 8.56. The summed E-state index contributed by atoms with van der Waals surface area (Å²) >= 11 is 0. The minimum Gasteiger partial charge on any atom is -0.477 e. The van der Waals surface area contributed by atoms with Crippen molar-refractivity contribution in [2.75, 3.05) is 0 Å². The first-order valence-corrected chi connectivity index (χ1v) is 4.70. The molecule has 0 aromatic carbocycles. The van der Waals surface area contributed by atoms with Crippen LogP contribution in [0.5, 0.6) is 0 Å². The van der Waals surface area contributed by atoms with Gasteiger partial charge < -0.3 is 5.11 Å². The lowest BCUT2D eigenvalue weighted by atomic mass is 10.2. The molecule has 2 heterocycles. The highest BCUT2D eigenvalue weighted by atomic mass is 16.4. The standard InChI is InChI=1S/C10H11N3O2/c1-3-13-9-7(5-11-13)4-6(2)8(12-9)10(14)15/h4-5H,3H2,1-2H3,(H,14,15). The maximum Gasteiger partial charge on any atom is 0.354 e. The lowest BCUT2D eigenvalue weighted by Crippen LogP contribution is -2.05. The predicted molar refractivity (Wildman–Crippen MR) is 54.9 cm³/mol. The summed E-state index contributed by atoms with van der Waals surface area (Å²) in [6.07, 6.45) is 1.70. The van der Waals surface area contributed by atoms with Crippen LogP contribution in [-0.2, 0) is 6.54 Å². The van der Waals surface area contributed by atoms with E-state index in [0.717, 1.165) is 5.39 Å². The van der Waals surface area contributed by atoms with E-state index in [9.17, 15) is 4.79 Å². The quantitative estimate of drug-likeness (QED) is 0.805. The van der Waals surface area contributed by atoms with E-state index in [1.165, 1.54) is 0 Å². The molecule has 0 saturated carbocycles. The molecule has 78 valence electrons. The molecule has 0 unspecified atom stereocenters. The van der Waals surface area contributed by atoms with E-state index in [1.807, 2.05) is 6.92 Å². The summed E-state index contributed by atoms with van der Waals surface area (Å²) in [6.45, 7) is 4.35. The van der Waals surface area contributed by atoms with E-state index >= 15 is 0 Å². The highest BCUT2D eigenvalue weighted by Crippen LogP contribution is 2.15. The average Bonchev–Trinajstić information content (AvgIpc) is 2.58. The molecule has 0 amide bonds. The zero-order chi connectivity index (χ0) is 11.0. The summed E-state index contributed by atoms with van der Waals surface area (Å²) < 4.78 is 1.68. The van der Waals surface area contributed by atoms with E-state index in [1.54, 1.807) is 23.9 Å². The number of aromatic carboxylic acids is 1. The highest BCUT2D eigenvalue weighted by molar-refractivity contribution is 5.90. The molecule has 0 aliphatic heterocycles. The molecular weight excluding hydrogens is 194 g/mol. The summed E-state index contributed by atoms with van der Waals surface area (Å²) in [6, 6.07) is 1.80. The summed E-state index contributed by atoms with van der Waals surface area (Å²) in [7, 11) is 0. The Morgan fingerprint density at radius 1 is 1.60 bits per heavy atom. The molecule has 0 saturated heterocycles. The molecule has 15 heavy (non-hydrogen) atoms. The Balaban J connectivity index is 2.75. The van der Waals surface area contributed by atoms with Gasteiger partial charge in [-0.25, -0.2) is 14.5 Å². The molecule has 2 aromatic rings. The van der Waals surface area contributed by atoms with Crippen LogP contribution >= 0.6 is 0 Å². The minimum atomic E-state index is -1.00. The fraction of sp³-hybridized carbons (Fsp3) is 0.300. The fourth-order valence-electron chi connectivity index (χ4n) is 1.56. The van der Waals surface area contributed by atoms with Gasteiger partial charge in [0.1, 0.15) is 0 Å². The third-order valence-corrected chi connectivity index (χ3v) is 2.30. The summed E-state index contributed by atoms with van der Waals surface area (Å²) in [4.78, 5) is 15.0. The second-order valence-corrected chi connectivity index (χ2v) is 3.33. The molecule has 5 nitrogen and oxygen atoms in total. The zero-order valence-corrected chi connectivity index (χ0v) is 8.56. The molecule has 0 aliphatic carbocycles. The fourth-order valence-corrected chi connectivity index (χ4v) is 1.56. The van der Waals surface area contributed by atoms with Crippen LogP contribution in [0.4, 0.5) is 0 Å². The third-order valence-electron chi connectivity index (χ3n) is 2.30. The van der Waals surface area contributed by atoms with Crippen LogP contribution in [-0.4, -0.2) is 25.8 Å². The van der Waals surface area contributed by atoms with Gasteiger partial charge in [0, 0.05) is 11.9 Å². The molecule has 2 aromatic heterocycles. The largest absolute Gasteiger partial charge is 0.477 e. The summed E-state index contributed by atoms with van der Waals surface area (Å²) in [5.74, 6) is -1.00. The van der Waals surface area contributed by atoms with Crippen LogP contribution < -0.4 is 0 Å². The van der Waals surface area contributed by atoms with Gasteiger partial charge in [0.15, 0.2) is 11.3 Å². The number of rotatable bonds is 2. The van der Waals surface area contributed by atoms with Gasteiger partial charge in [-0.1, -0.05) is 0 Å². The van der Waals surface area contributed by atoms with Gasteiger partial charge >= 0.3 is 5.97 Å². The van der Waals surface area contributed by atoms with Crippen molar-refractivity contribution in [1.29, 1.82) is 0 Å². The Bertz CT molecular complexity index is 531. The normalized spacial score (nSPS) is 10.8. The number of aromatic nitrogens is 3. The Labute approximate surface area is 86.4 Å². The lowest BCUT2D eigenvalue weighted by molar-refractivity contribution is 0.0690. The van der Waals surface area contributed by atoms with Crippen LogP contribution in [0.2, 0.25) is 0 Å². The number of pyridine rings is 1. The van der Waals surface area contributed by atoms with Crippen molar-refractivity contribution in [2.24, 2.45) is 0 Å². The Morgan fingerprint density at radius 2 is 2.33 bits per heavy atom. The van der Waals surface area contributed by atoms with Crippen molar-refractivity contribution in [3.8, 4) is 0 Å². The first-order valence-electron chi connectivity index (χ1n) is 4.70. The Morgan fingerprint density at radius 3 is 2.93 bits per heavy atom. The van der Waals surface area contributed by atoms with Gasteiger partial charge in [-0.2, -0.15) is 5.10 Å². The van der Waals surface area contributed by atoms with Crippen molar-refractivity contribution in [3.63, 3.8) is 0 Å². The van der Waals surface area contributed by atoms with Gasteiger partial charge in [0.25, 0.3) is 0 Å². The van der Waals surface area contributed by atoms with Gasteiger partial charge in [0.2, 0.25) is 0 Å². The SMILES string of the molecule is CCn1ncc2cc(C)c(C(=O)O)nc21. The Kier molecular flexibility index (Phi) is 2.15. The maximum atomic E-state index is 10.9. The molecule has 0 fully saturated rings. The average molecular weight is 205 g/mol. The number of nitrogens with zero attached hydrogens (tertiary/aromatic N) is 3. The monoisotopic (exact) mass is 205 g/mol. The maximum absolute atomic E-state index is 10.9. The predicted octanol–water partition coefficient (Wildman–Crippen LogP) is 1.46. The molecular formula is C10H11N3O2. The van der Waals surface area contributed by atoms with Crippen LogP contribution in [0.25, 0.3) is 11.0 Å². The number of hydrogen-bond donors (Lipinski definition) is 1. The number of aryl methyl sites for hydroxylation is 2. The molecule has 0 radical (unpaired) electrons. The van der Waals surface area contributed by atoms with Crippen molar-refractivity contribution >= 4 is 17.0 Å². The van der Waals surface area contributed by atoms with Gasteiger partial charge in [-0.05, 0) is 25.5 Å². The summed E-state index contributed by atoms with van der Waals surface area (Å²) in [5, 5.41) is 13.9. The van der Waals surface area contributed by atoms with E-state index < -0.39 is 5.97 Å². The first-order chi connectivity index (χ1) is 7.13. The van der Waals surface area contributed by atoms with E-state index in [4.69, 9.17) is 5.11 Å². The van der Waals surface area contributed by atoms with Crippen molar-refractivity contribution in [3.05, 3.63) is 23.5 Å². The van der Waals surface area contributed by atoms with Crippen molar-refractivity contribution in [2.45, 2.75) is 20.4 Å². The van der Waals surface area contributed by atoms with Gasteiger partial charge in [-0.15, -0.1) is 0 Å². The highest BCUT2D eigenvalue weighted by Gasteiger charge is 2.12. The number of carboxylic acids is 1. The lowest BCUT2D eigenvalue weighted by Gasteiger charge is -2.01. The Hall–Kier alpha value is -1.91. The minimum absolute atomic E-state index is 0.0951. The molecule has 5 heteroatoms. The smallest absolute Gasteiger partial charge is 0.354 e. The van der Waals surface area contributed by atoms with Crippen LogP contribution in [0, 0.1) is 6.92 Å². The first kappa shape index (κ1) is 9.64. The van der Waals surface area contributed by atoms with E-state index in [-0.39, 0.29) is 5.69 Å². The number of carbonyl (C=O) groups is 1. The molecule has 2 rings (SSSR count). The molecule has 0 bridgehead atoms. The van der Waals surface area contributed by atoms with Crippen LogP contribution in [0.3, 0.4) is 0 Å². The second-order valence-electron chi connectivity index (χ2n) is 3.33. The van der Waals surface area contributed by atoms with E-state index in [2.05, 4.69) is 10.1 Å². The van der Waals surface area contributed by atoms with Gasteiger partial charge in [-0.3, -0.25) is 0 Å². The molecule has 0 spiro atoms. The van der Waals surface area contributed by atoms with Gasteiger partial charge in [0.05, 0.1) is 6.20 Å². The van der Waals surface area contributed by atoms with Crippen molar-refractivity contribution < 1.29 is 9.90 Å². The van der Waals surface area contributed by atoms with Crippen LogP contribution in [0.15, 0.2) is 12.3 Å². The van der Waals surface area contributed by atoms with Crippen molar-refractivity contribution in [1.82, 2.24) is 14.8 Å². The second kappa shape index (κ2) is 3.34. The summed E-state index contributed by atoms with van der Waals surface area (Å²) in [5.41, 5.74) is 1.38. The topological polar surface area (TPSA) is 68.0 Å². The molecule has 0 atom stereocenters. The third kappa shape index (κ3) is 1.45. The number of carboxylic acid groups (broad SMARTS) is 1. The number of fused-ring (bicyclic) bond motifs is 1. The molecule has 0 aliphatic rings. The van der Waals surface area contributed by atoms with E-state index in [0.29, 0.717) is 17.8 Å². The molecule has 1 N–H and O–H groups in total. The number of hydrogen-bond acceptors (Lipinski definition) is 3.